The van der Waals surface area contributed by atoms with Crippen molar-refractivity contribution in [3.8, 4) is 17.2 Å². The van der Waals surface area contributed by atoms with Gasteiger partial charge in [0.25, 0.3) is 11.8 Å². The standard InChI is InChI=1S/C22H26N2O5/c1-14(2)21(15-8-9-18-19(12-15)28-11-5-10-27-18)24-20(25)13-29-17-7-4-3-6-16(17)22(23)26/h3-4,6-9,12,14,21H,5,10-11,13H2,1-2H3,(H2,23,26)(H,24,25)/t21-/m1/s1. The van der Waals surface area contributed by atoms with Crippen molar-refractivity contribution in [2.45, 2.75) is 26.3 Å². The molecule has 1 atom stereocenters. The highest BCUT2D eigenvalue weighted by molar-refractivity contribution is 5.95. The van der Waals surface area contributed by atoms with Gasteiger partial charge in [-0.15, -0.1) is 0 Å². The van der Waals surface area contributed by atoms with E-state index in [9.17, 15) is 9.59 Å². The Morgan fingerprint density at radius 1 is 1.10 bits per heavy atom. The second-order valence-corrected chi connectivity index (χ2v) is 7.19. The molecule has 1 aliphatic heterocycles. The van der Waals surface area contributed by atoms with Gasteiger partial charge in [-0.1, -0.05) is 32.0 Å². The first-order valence-electron chi connectivity index (χ1n) is 9.66. The number of carbonyl (C=O) groups is 2. The van der Waals surface area contributed by atoms with Gasteiger partial charge < -0.3 is 25.3 Å². The lowest BCUT2D eigenvalue weighted by Gasteiger charge is -2.24. The predicted molar refractivity (Wildman–Crippen MR) is 108 cm³/mol. The van der Waals surface area contributed by atoms with Gasteiger partial charge in [0, 0.05) is 6.42 Å². The molecule has 0 spiro atoms. The summed E-state index contributed by atoms with van der Waals surface area (Å²) in [6, 6.07) is 12.1. The molecule has 0 saturated heterocycles. The van der Waals surface area contributed by atoms with Crippen LogP contribution in [0.15, 0.2) is 42.5 Å². The molecule has 0 aromatic heterocycles. The van der Waals surface area contributed by atoms with E-state index in [1.54, 1.807) is 24.3 Å². The summed E-state index contributed by atoms with van der Waals surface area (Å²) in [6.07, 6.45) is 0.832. The Kier molecular flexibility index (Phi) is 6.59. The van der Waals surface area contributed by atoms with Crippen LogP contribution in [-0.2, 0) is 4.79 Å². The average Bonchev–Trinajstić information content (AvgIpc) is 2.95. The molecule has 0 unspecified atom stereocenters. The SMILES string of the molecule is CC(C)[C@@H](NC(=O)COc1ccccc1C(N)=O)c1ccc2c(c1)OCCCO2. The zero-order chi connectivity index (χ0) is 20.8. The van der Waals surface area contributed by atoms with Gasteiger partial charge in [0.2, 0.25) is 0 Å². The minimum Gasteiger partial charge on any atom is -0.490 e. The molecule has 154 valence electrons. The number of nitrogens with two attached hydrogens (primary N) is 1. The van der Waals surface area contributed by atoms with Crippen LogP contribution in [0.5, 0.6) is 17.2 Å². The molecule has 1 aliphatic rings. The fourth-order valence-electron chi connectivity index (χ4n) is 3.16. The van der Waals surface area contributed by atoms with E-state index < -0.39 is 5.91 Å². The molecule has 0 bridgehead atoms. The van der Waals surface area contributed by atoms with Crippen LogP contribution in [0.25, 0.3) is 0 Å². The van der Waals surface area contributed by atoms with Crippen molar-refractivity contribution in [3.63, 3.8) is 0 Å². The molecule has 2 amide bonds. The molecule has 0 radical (unpaired) electrons. The Labute approximate surface area is 170 Å². The van der Waals surface area contributed by atoms with Crippen molar-refractivity contribution in [1.82, 2.24) is 5.32 Å². The Balaban J connectivity index is 1.69. The highest BCUT2D eigenvalue weighted by atomic mass is 16.5. The van der Waals surface area contributed by atoms with Crippen LogP contribution >= 0.6 is 0 Å². The van der Waals surface area contributed by atoms with Crippen LogP contribution in [0.3, 0.4) is 0 Å². The Morgan fingerprint density at radius 3 is 2.55 bits per heavy atom. The van der Waals surface area contributed by atoms with Gasteiger partial charge in [0.1, 0.15) is 5.75 Å². The maximum Gasteiger partial charge on any atom is 0.258 e. The number of benzene rings is 2. The van der Waals surface area contributed by atoms with Crippen LogP contribution < -0.4 is 25.3 Å². The van der Waals surface area contributed by atoms with Crippen molar-refractivity contribution in [2.75, 3.05) is 19.8 Å². The van der Waals surface area contributed by atoms with Gasteiger partial charge >= 0.3 is 0 Å². The fraction of sp³-hybridized carbons (Fsp3) is 0.364. The van der Waals surface area contributed by atoms with E-state index >= 15 is 0 Å². The molecule has 29 heavy (non-hydrogen) atoms. The molecule has 1 heterocycles. The largest absolute Gasteiger partial charge is 0.490 e. The van der Waals surface area contributed by atoms with Gasteiger partial charge in [-0.25, -0.2) is 0 Å². The Bertz CT molecular complexity index is 881. The third-order valence-corrected chi connectivity index (χ3v) is 4.63. The number of hydrogen-bond donors (Lipinski definition) is 2. The van der Waals surface area contributed by atoms with E-state index in [0.29, 0.717) is 24.7 Å². The number of amides is 2. The van der Waals surface area contributed by atoms with E-state index in [2.05, 4.69) is 5.32 Å². The van der Waals surface area contributed by atoms with Crippen LogP contribution in [0.4, 0.5) is 0 Å². The summed E-state index contributed by atoms with van der Waals surface area (Å²) < 4.78 is 17.0. The highest BCUT2D eigenvalue weighted by Gasteiger charge is 2.21. The summed E-state index contributed by atoms with van der Waals surface area (Å²) in [5.41, 5.74) is 6.51. The number of nitrogens with one attached hydrogen (secondary N) is 1. The molecule has 2 aromatic carbocycles. The topological polar surface area (TPSA) is 99.9 Å². The second-order valence-electron chi connectivity index (χ2n) is 7.19. The first-order valence-corrected chi connectivity index (χ1v) is 9.66. The van der Waals surface area contributed by atoms with E-state index in [1.807, 2.05) is 32.0 Å². The number of ether oxygens (including phenoxy) is 3. The van der Waals surface area contributed by atoms with Crippen molar-refractivity contribution in [1.29, 1.82) is 0 Å². The molecule has 7 nitrogen and oxygen atoms in total. The lowest BCUT2D eigenvalue weighted by atomic mass is 9.95. The fourth-order valence-corrected chi connectivity index (χ4v) is 3.16. The Hall–Kier alpha value is -3.22. The van der Waals surface area contributed by atoms with Gasteiger partial charge in [-0.3, -0.25) is 9.59 Å². The maximum absolute atomic E-state index is 12.5. The van der Waals surface area contributed by atoms with Crippen LogP contribution in [0.1, 0.15) is 42.2 Å². The highest BCUT2D eigenvalue weighted by Crippen LogP contribution is 2.34. The molecule has 2 aromatic rings. The van der Waals surface area contributed by atoms with Crippen molar-refractivity contribution in [2.24, 2.45) is 11.7 Å². The minimum absolute atomic E-state index is 0.140. The van der Waals surface area contributed by atoms with Crippen molar-refractivity contribution in [3.05, 3.63) is 53.6 Å². The number of hydrogen-bond acceptors (Lipinski definition) is 5. The molecular weight excluding hydrogens is 372 g/mol. The first-order chi connectivity index (χ1) is 14.0. The number of primary amides is 1. The van der Waals surface area contributed by atoms with Gasteiger partial charge in [-0.2, -0.15) is 0 Å². The van der Waals surface area contributed by atoms with Gasteiger partial charge in [0.15, 0.2) is 18.1 Å². The van der Waals surface area contributed by atoms with Crippen molar-refractivity contribution < 1.29 is 23.8 Å². The Morgan fingerprint density at radius 2 is 1.83 bits per heavy atom. The average molecular weight is 398 g/mol. The van der Waals surface area contributed by atoms with Crippen LogP contribution in [0.2, 0.25) is 0 Å². The summed E-state index contributed by atoms with van der Waals surface area (Å²) >= 11 is 0. The van der Waals surface area contributed by atoms with E-state index in [-0.39, 0.29) is 35.8 Å². The van der Waals surface area contributed by atoms with Gasteiger partial charge in [0.05, 0.1) is 24.8 Å². The quantitative estimate of drug-likeness (QED) is 0.747. The molecule has 0 saturated carbocycles. The molecule has 3 N–H and O–H groups in total. The molecule has 0 aliphatic carbocycles. The normalized spacial score (nSPS) is 14.0. The van der Waals surface area contributed by atoms with E-state index in [1.165, 1.54) is 0 Å². The summed E-state index contributed by atoms with van der Waals surface area (Å²) in [7, 11) is 0. The molecular formula is C22H26N2O5. The first kappa shape index (κ1) is 20.5. The zero-order valence-electron chi connectivity index (χ0n) is 16.6. The third kappa shape index (κ3) is 5.19. The van der Waals surface area contributed by atoms with Crippen LogP contribution in [0, 0.1) is 5.92 Å². The number of para-hydroxylation sites is 1. The lowest BCUT2D eigenvalue weighted by Crippen LogP contribution is -2.35. The summed E-state index contributed by atoms with van der Waals surface area (Å²) in [5, 5.41) is 3.00. The third-order valence-electron chi connectivity index (χ3n) is 4.63. The summed E-state index contributed by atoms with van der Waals surface area (Å²) in [4.78, 5) is 24.0. The lowest BCUT2D eigenvalue weighted by molar-refractivity contribution is -0.124. The number of fused-ring (bicyclic) bond motifs is 1. The summed E-state index contributed by atoms with van der Waals surface area (Å²) in [6.45, 7) is 5.05. The van der Waals surface area contributed by atoms with Gasteiger partial charge in [-0.05, 0) is 35.7 Å². The van der Waals surface area contributed by atoms with Crippen molar-refractivity contribution >= 4 is 11.8 Å². The molecule has 7 heteroatoms. The van der Waals surface area contributed by atoms with E-state index in [0.717, 1.165) is 12.0 Å². The van der Waals surface area contributed by atoms with Crippen LogP contribution in [-0.4, -0.2) is 31.6 Å². The second kappa shape index (κ2) is 9.32. The maximum atomic E-state index is 12.5. The monoisotopic (exact) mass is 398 g/mol. The smallest absolute Gasteiger partial charge is 0.258 e. The zero-order valence-corrected chi connectivity index (χ0v) is 16.6. The summed E-state index contributed by atoms with van der Waals surface area (Å²) in [5.74, 6) is 0.926. The molecule has 0 fully saturated rings. The number of rotatable bonds is 7. The minimum atomic E-state index is -0.603. The predicted octanol–water partition coefficient (Wildman–Crippen LogP) is 2.84. The molecule has 3 rings (SSSR count). The van der Waals surface area contributed by atoms with E-state index in [4.69, 9.17) is 19.9 Å². The number of carbonyl (C=O) groups excluding carboxylic acids is 2.